The van der Waals surface area contributed by atoms with Crippen LogP contribution >= 0.6 is 0 Å². The molecule has 0 spiro atoms. The monoisotopic (exact) mass is 256 g/mol. The highest BCUT2D eigenvalue weighted by Crippen LogP contribution is 2.21. The number of ether oxygens (including phenoxy) is 1. The topological polar surface area (TPSA) is 38.5 Å². The molecule has 2 unspecified atom stereocenters. The number of rotatable bonds is 6. The van der Waals surface area contributed by atoms with Gasteiger partial charge in [-0.15, -0.1) is 0 Å². The number of nitrogens with zero attached hydrogens (tertiary/aromatic N) is 1. The Hall–Kier alpha value is -0.120. The van der Waals surface area contributed by atoms with Crippen LogP contribution in [0.4, 0.5) is 0 Å². The van der Waals surface area contributed by atoms with Crippen molar-refractivity contribution in [3.05, 3.63) is 0 Å². The Morgan fingerprint density at radius 2 is 2.06 bits per heavy atom. The zero-order valence-electron chi connectivity index (χ0n) is 12.7. The van der Waals surface area contributed by atoms with E-state index in [9.17, 15) is 0 Å². The van der Waals surface area contributed by atoms with Crippen molar-refractivity contribution in [2.45, 2.75) is 77.0 Å². The molecule has 0 saturated carbocycles. The van der Waals surface area contributed by atoms with Crippen molar-refractivity contribution in [3.63, 3.8) is 0 Å². The molecule has 0 aliphatic carbocycles. The van der Waals surface area contributed by atoms with E-state index in [1.165, 1.54) is 38.6 Å². The van der Waals surface area contributed by atoms with Gasteiger partial charge in [0.15, 0.2) is 0 Å². The molecule has 0 aromatic heterocycles. The summed E-state index contributed by atoms with van der Waals surface area (Å²) in [5.74, 6) is 0. The Bertz CT molecular complexity index is 231. The number of likely N-dealkylation sites (tertiary alicyclic amines) is 1. The number of nitrogens with two attached hydrogens (primary N) is 1. The first kappa shape index (κ1) is 15.9. The lowest BCUT2D eigenvalue weighted by molar-refractivity contribution is -0.00476. The molecule has 2 N–H and O–H groups in total. The summed E-state index contributed by atoms with van der Waals surface area (Å²) < 4.78 is 5.47. The minimum atomic E-state index is -0.215. The van der Waals surface area contributed by atoms with Gasteiger partial charge in [0.05, 0.1) is 5.60 Å². The highest BCUT2D eigenvalue weighted by atomic mass is 16.5. The lowest BCUT2D eigenvalue weighted by atomic mass is 9.96. The third-order valence-corrected chi connectivity index (χ3v) is 4.62. The van der Waals surface area contributed by atoms with Gasteiger partial charge < -0.3 is 15.4 Å². The molecule has 3 heteroatoms. The maximum atomic E-state index is 6.25. The van der Waals surface area contributed by atoms with Gasteiger partial charge in [-0.2, -0.15) is 0 Å². The Balaban J connectivity index is 2.44. The molecule has 1 fully saturated rings. The Labute approximate surface area is 113 Å². The van der Waals surface area contributed by atoms with Gasteiger partial charge in [-0.05, 0) is 46.1 Å². The molecular formula is C15H32N2O. The summed E-state index contributed by atoms with van der Waals surface area (Å²) >= 11 is 0. The third kappa shape index (κ3) is 4.52. The average molecular weight is 256 g/mol. The number of methoxy groups -OCH3 is 1. The molecule has 1 heterocycles. The molecule has 1 saturated heterocycles. The highest BCUT2D eigenvalue weighted by Gasteiger charge is 2.27. The third-order valence-electron chi connectivity index (χ3n) is 4.62. The first-order valence-electron chi connectivity index (χ1n) is 7.56. The van der Waals surface area contributed by atoms with Crippen LogP contribution in [0.1, 0.15) is 59.3 Å². The molecule has 0 aromatic rings. The van der Waals surface area contributed by atoms with Crippen LogP contribution in [0.2, 0.25) is 0 Å². The van der Waals surface area contributed by atoms with Crippen LogP contribution in [0.15, 0.2) is 0 Å². The summed E-state index contributed by atoms with van der Waals surface area (Å²) in [4.78, 5) is 2.65. The second-order valence-corrected chi connectivity index (χ2v) is 6.15. The van der Waals surface area contributed by atoms with E-state index in [0.29, 0.717) is 0 Å². The minimum absolute atomic E-state index is 0.114. The lowest BCUT2D eigenvalue weighted by Gasteiger charge is -2.34. The SMILES string of the molecule is CCC1CCCCCN1CCC(N)C(C)(C)OC. The van der Waals surface area contributed by atoms with Crippen LogP contribution in [0.3, 0.4) is 0 Å². The summed E-state index contributed by atoms with van der Waals surface area (Å²) in [6.07, 6.45) is 7.78. The van der Waals surface area contributed by atoms with E-state index in [4.69, 9.17) is 10.5 Å². The van der Waals surface area contributed by atoms with E-state index in [1.807, 2.05) is 0 Å². The van der Waals surface area contributed by atoms with Crippen LogP contribution in [0, 0.1) is 0 Å². The summed E-state index contributed by atoms with van der Waals surface area (Å²) in [5.41, 5.74) is 6.04. The summed E-state index contributed by atoms with van der Waals surface area (Å²) in [7, 11) is 1.75. The Morgan fingerprint density at radius 3 is 2.67 bits per heavy atom. The molecule has 0 bridgehead atoms. The quantitative estimate of drug-likeness (QED) is 0.794. The van der Waals surface area contributed by atoms with Crippen molar-refractivity contribution in [2.24, 2.45) is 5.73 Å². The molecule has 18 heavy (non-hydrogen) atoms. The fourth-order valence-corrected chi connectivity index (χ4v) is 2.80. The Morgan fingerprint density at radius 1 is 1.33 bits per heavy atom. The van der Waals surface area contributed by atoms with Crippen LogP contribution in [0.25, 0.3) is 0 Å². The van der Waals surface area contributed by atoms with Crippen molar-refractivity contribution >= 4 is 0 Å². The summed E-state index contributed by atoms with van der Waals surface area (Å²) in [6.45, 7) is 8.84. The van der Waals surface area contributed by atoms with Crippen molar-refractivity contribution < 1.29 is 4.74 Å². The predicted molar refractivity (Wildman–Crippen MR) is 77.8 cm³/mol. The fraction of sp³-hybridized carbons (Fsp3) is 1.00. The van der Waals surface area contributed by atoms with E-state index in [2.05, 4.69) is 25.7 Å². The van der Waals surface area contributed by atoms with Gasteiger partial charge in [-0.1, -0.05) is 19.8 Å². The van der Waals surface area contributed by atoms with Gasteiger partial charge in [0, 0.05) is 25.7 Å². The van der Waals surface area contributed by atoms with Crippen molar-refractivity contribution in [1.82, 2.24) is 4.90 Å². The molecule has 3 nitrogen and oxygen atoms in total. The second kappa shape index (κ2) is 7.46. The van der Waals surface area contributed by atoms with Gasteiger partial charge >= 0.3 is 0 Å². The molecule has 2 atom stereocenters. The Kier molecular flexibility index (Phi) is 6.61. The van der Waals surface area contributed by atoms with Gasteiger partial charge in [0.2, 0.25) is 0 Å². The normalized spacial score (nSPS) is 24.8. The fourth-order valence-electron chi connectivity index (χ4n) is 2.80. The zero-order chi connectivity index (χ0) is 13.6. The standard InChI is InChI=1S/C15H32N2O/c1-5-13-9-7-6-8-11-17(13)12-10-14(16)15(2,3)18-4/h13-14H,5-12,16H2,1-4H3. The highest BCUT2D eigenvalue weighted by molar-refractivity contribution is 4.84. The molecule has 1 aliphatic heterocycles. The zero-order valence-corrected chi connectivity index (χ0v) is 12.7. The second-order valence-electron chi connectivity index (χ2n) is 6.15. The minimum Gasteiger partial charge on any atom is -0.377 e. The number of hydrogen-bond acceptors (Lipinski definition) is 3. The first-order valence-corrected chi connectivity index (χ1v) is 7.56. The molecule has 0 radical (unpaired) electrons. The van der Waals surface area contributed by atoms with E-state index in [0.717, 1.165) is 19.0 Å². The molecule has 1 rings (SSSR count). The van der Waals surface area contributed by atoms with E-state index >= 15 is 0 Å². The van der Waals surface area contributed by atoms with Crippen LogP contribution < -0.4 is 5.73 Å². The summed E-state index contributed by atoms with van der Waals surface area (Å²) in [6, 6.07) is 0.883. The van der Waals surface area contributed by atoms with Crippen LogP contribution in [-0.2, 0) is 4.74 Å². The molecule has 0 aromatic carbocycles. The molecular weight excluding hydrogens is 224 g/mol. The smallest absolute Gasteiger partial charge is 0.0773 e. The van der Waals surface area contributed by atoms with Gasteiger partial charge in [0.25, 0.3) is 0 Å². The van der Waals surface area contributed by atoms with Crippen LogP contribution in [0.5, 0.6) is 0 Å². The number of hydrogen-bond donors (Lipinski definition) is 1. The molecule has 0 amide bonds. The van der Waals surface area contributed by atoms with Crippen molar-refractivity contribution in [1.29, 1.82) is 0 Å². The van der Waals surface area contributed by atoms with E-state index in [-0.39, 0.29) is 11.6 Å². The van der Waals surface area contributed by atoms with Crippen molar-refractivity contribution in [3.8, 4) is 0 Å². The molecule has 108 valence electrons. The van der Waals surface area contributed by atoms with E-state index < -0.39 is 0 Å². The molecule has 1 aliphatic rings. The van der Waals surface area contributed by atoms with Crippen LogP contribution in [-0.4, -0.2) is 42.8 Å². The van der Waals surface area contributed by atoms with Gasteiger partial charge in [0.1, 0.15) is 0 Å². The van der Waals surface area contributed by atoms with Gasteiger partial charge in [-0.3, -0.25) is 0 Å². The maximum Gasteiger partial charge on any atom is 0.0773 e. The maximum absolute atomic E-state index is 6.25. The van der Waals surface area contributed by atoms with E-state index in [1.54, 1.807) is 7.11 Å². The predicted octanol–water partition coefficient (Wildman–Crippen LogP) is 2.78. The summed E-state index contributed by atoms with van der Waals surface area (Å²) in [5, 5.41) is 0. The average Bonchev–Trinajstić information content (AvgIpc) is 2.60. The lowest BCUT2D eigenvalue weighted by Crippen LogP contribution is -2.47. The van der Waals surface area contributed by atoms with Crippen molar-refractivity contribution in [2.75, 3.05) is 20.2 Å². The van der Waals surface area contributed by atoms with Gasteiger partial charge in [-0.25, -0.2) is 0 Å². The largest absolute Gasteiger partial charge is 0.377 e. The first-order chi connectivity index (χ1) is 8.51.